The van der Waals surface area contributed by atoms with Gasteiger partial charge in [0.1, 0.15) is 0 Å². The third-order valence-corrected chi connectivity index (χ3v) is 0. The number of hydrogen-bond donors (Lipinski definition) is 1. The minimum absolute atomic E-state index is 0. The van der Waals surface area contributed by atoms with Crippen molar-refractivity contribution in [3.8, 4) is 6.04 Å². The Morgan fingerprint density at radius 1 is 1.75 bits per heavy atom. The summed E-state index contributed by atoms with van der Waals surface area (Å²) in [6, 6.07) is 1.50. The van der Waals surface area contributed by atoms with Crippen LogP contribution in [0.5, 0.6) is 0 Å². The maximum atomic E-state index is 5.74. The summed E-state index contributed by atoms with van der Waals surface area (Å²) in [5, 5.41) is 0. The van der Waals surface area contributed by atoms with Gasteiger partial charge in [0.15, 0.2) is 0 Å². The first-order chi connectivity index (χ1) is 1.41. The van der Waals surface area contributed by atoms with Crippen molar-refractivity contribution >= 4 is 0 Å². The minimum atomic E-state index is 0. The van der Waals surface area contributed by atoms with E-state index in [1.54, 1.807) is 0 Å². The van der Waals surface area contributed by atoms with Crippen molar-refractivity contribution in [1.29, 1.82) is 0 Å². The molecule has 0 saturated heterocycles. The van der Waals surface area contributed by atoms with Gasteiger partial charge in [0, 0.05) is 31.1 Å². The van der Waals surface area contributed by atoms with Crippen LogP contribution >= 0.6 is 0 Å². The summed E-state index contributed by atoms with van der Waals surface area (Å²) in [7, 11) is 0. The fraction of sp³-hybridized carbons (Fsp3) is 0. The fourth-order valence-electron chi connectivity index (χ4n) is 0. The van der Waals surface area contributed by atoms with Gasteiger partial charge in [0.2, 0.25) is 0 Å². The number of nitrogens with two attached hydrogens (primary N) is 1. The Kier molecular flexibility index (Phi) is 22.0. The molecule has 0 radical (unpaired) electrons. The Morgan fingerprint density at radius 2 is 1.75 bits per heavy atom. The Hall–Kier alpha value is 0.412. The van der Waals surface area contributed by atoms with Crippen molar-refractivity contribution in [2.75, 3.05) is 0 Å². The van der Waals surface area contributed by atoms with E-state index in [1.165, 1.54) is 6.04 Å². The summed E-state index contributed by atoms with van der Waals surface area (Å²) < 4.78 is 0. The topological polar surface area (TPSA) is 26.0 Å². The predicted molar refractivity (Wildman–Crippen MR) is 11.3 cm³/mol. The molecule has 1 nitrogen and oxygen atoms in total. The normalized spacial score (nSPS) is 1.75. The zero-order chi connectivity index (χ0) is 2.71. The molecule has 0 unspecified atom stereocenters. The first-order valence-corrected chi connectivity index (χ1v) is 0.539. The molecule has 2 heteroatoms. The van der Waals surface area contributed by atoms with Crippen LogP contribution in [-0.2, 0) is 0 Å². The largest absolute Gasteiger partial charge is 0.670 e. The second kappa shape index (κ2) is 9.96. The molecule has 0 atom stereocenters. The van der Waals surface area contributed by atoms with Crippen LogP contribution in [0.3, 0.4) is 0 Å². The molecular formula is C2H2NU-. The van der Waals surface area contributed by atoms with E-state index in [9.17, 15) is 0 Å². The summed E-state index contributed by atoms with van der Waals surface area (Å²) in [6.45, 7) is 0. The zero-order valence-corrected chi connectivity index (χ0v) is 6.24. The van der Waals surface area contributed by atoms with Gasteiger partial charge in [-0.15, -0.1) is 0 Å². The molecule has 0 aromatic rings. The molecule has 0 spiro atoms. The molecule has 20 valence electrons. The Bertz CT molecular complexity index is 27.5. The standard InChI is InChI=1S/C2H2N.U/c1-2-3;/h3H2;/q-1;. The van der Waals surface area contributed by atoms with Gasteiger partial charge in [-0.25, -0.2) is 0 Å². The Balaban J connectivity index is 0. The molecular weight excluding hydrogens is 276 g/mol. The molecule has 0 bridgehead atoms. The second-order valence-electron chi connectivity index (χ2n) is 0.144. The van der Waals surface area contributed by atoms with Gasteiger partial charge in [-0.1, -0.05) is 0 Å². The van der Waals surface area contributed by atoms with Crippen molar-refractivity contribution in [3.63, 3.8) is 0 Å². The molecule has 4 heavy (non-hydrogen) atoms. The van der Waals surface area contributed by atoms with Crippen LogP contribution in [0.15, 0.2) is 0 Å². The summed E-state index contributed by atoms with van der Waals surface area (Å²) >= 11 is 0. The van der Waals surface area contributed by atoms with Gasteiger partial charge < -0.3 is 12.2 Å². The smallest absolute Gasteiger partial charge is 0 e. The molecule has 0 saturated carbocycles. The number of hydrogen-bond acceptors (Lipinski definition) is 1. The Morgan fingerprint density at radius 3 is 1.75 bits per heavy atom. The monoisotopic (exact) mass is 278 g/mol. The van der Waals surface area contributed by atoms with Crippen molar-refractivity contribution in [2.45, 2.75) is 0 Å². The van der Waals surface area contributed by atoms with Crippen LogP contribution in [-0.4, -0.2) is 0 Å². The first kappa shape index (κ1) is 8.83. The first-order valence-electron chi connectivity index (χ1n) is 0.539. The molecule has 0 aromatic carbocycles. The molecule has 0 aliphatic carbocycles. The van der Waals surface area contributed by atoms with Crippen molar-refractivity contribution in [2.24, 2.45) is 5.73 Å². The molecule has 0 aliphatic rings. The van der Waals surface area contributed by atoms with Gasteiger partial charge in [0.25, 0.3) is 0 Å². The zero-order valence-electron chi connectivity index (χ0n) is 2.08. The summed E-state index contributed by atoms with van der Waals surface area (Å²) in [5.41, 5.74) is 4.26. The minimum Gasteiger partial charge on any atom is -0.670 e. The van der Waals surface area contributed by atoms with Crippen molar-refractivity contribution in [1.82, 2.24) is 0 Å². The van der Waals surface area contributed by atoms with E-state index < -0.39 is 0 Å². The van der Waals surface area contributed by atoms with Crippen LogP contribution in [0.2, 0.25) is 0 Å². The fourth-order valence-corrected chi connectivity index (χ4v) is 0. The SMILES string of the molecule is [C-]#CN.[U]. The second-order valence-corrected chi connectivity index (χ2v) is 0.144. The molecule has 0 fully saturated rings. The summed E-state index contributed by atoms with van der Waals surface area (Å²) in [4.78, 5) is 0. The molecule has 0 heterocycles. The van der Waals surface area contributed by atoms with Gasteiger partial charge >= 0.3 is 0 Å². The van der Waals surface area contributed by atoms with Crippen LogP contribution in [0.4, 0.5) is 0 Å². The van der Waals surface area contributed by atoms with Crippen LogP contribution in [0, 0.1) is 43.6 Å². The van der Waals surface area contributed by atoms with Gasteiger partial charge in [-0.05, 0) is 0 Å². The van der Waals surface area contributed by atoms with E-state index in [0.717, 1.165) is 0 Å². The van der Waals surface area contributed by atoms with E-state index in [2.05, 4.69) is 5.73 Å². The predicted octanol–water partition coefficient (Wildman–Crippen LogP) is -0.508. The van der Waals surface area contributed by atoms with Crippen molar-refractivity contribution < 1.29 is 31.1 Å². The van der Waals surface area contributed by atoms with Crippen molar-refractivity contribution in [3.05, 3.63) is 6.42 Å². The van der Waals surface area contributed by atoms with Gasteiger partial charge in [0.05, 0.1) is 0 Å². The van der Waals surface area contributed by atoms with E-state index in [4.69, 9.17) is 6.42 Å². The summed E-state index contributed by atoms with van der Waals surface area (Å²) in [5.74, 6) is 0. The van der Waals surface area contributed by atoms with Crippen LogP contribution in [0.1, 0.15) is 0 Å². The van der Waals surface area contributed by atoms with Crippen LogP contribution < -0.4 is 5.73 Å². The maximum Gasteiger partial charge on any atom is 0 e. The maximum absolute atomic E-state index is 5.74. The summed E-state index contributed by atoms with van der Waals surface area (Å²) in [6.07, 6.45) is 5.74. The third-order valence-electron chi connectivity index (χ3n) is 0. The van der Waals surface area contributed by atoms with E-state index >= 15 is 0 Å². The average Bonchev–Trinajstić information content (AvgIpc) is 0.918. The molecule has 0 amide bonds. The molecule has 0 rings (SSSR count). The number of rotatable bonds is 0. The van der Waals surface area contributed by atoms with E-state index in [1.807, 2.05) is 0 Å². The average molecular weight is 278 g/mol. The van der Waals surface area contributed by atoms with E-state index in [-0.39, 0.29) is 31.1 Å². The van der Waals surface area contributed by atoms with Crippen LogP contribution in [0.25, 0.3) is 0 Å². The quantitative estimate of drug-likeness (QED) is 0.360. The third kappa shape index (κ3) is 28.3. The van der Waals surface area contributed by atoms with E-state index in [0.29, 0.717) is 0 Å². The molecule has 0 aromatic heterocycles. The Labute approximate surface area is 49.3 Å². The van der Waals surface area contributed by atoms with Gasteiger partial charge in [-0.2, -0.15) is 0 Å². The van der Waals surface area contributed by atoms with Gasteiger partial charge in [-0.3, -0.25) is 6.04 Å². The molecule has 0 aliphatic heterocycles. The molecule has 2 N–H and O–H groups in total.